The molecule has 0 atom stereocenters. The fourth-order valence-electron chi connectivity index (χ4n) is 3.11. The van der Waals surface area contributed by atoms with Gasteiger partial charge in [-0.05, 0) is 51.7 Å². The smallest absolute Gasteiger partial charge is 0.410 e. The van der Waals surface area contributed by atoms with E-state index in [0.29, 0.717) is 5.92 Å². The number of likely N-dealkylation sites (tertiary alicyclic amines) is 1. The van der Waals surface area contributed by atoms with Crippen LogP contribution in [0.5, 0.6) is 0 Å². The zero-order valence-electron chi connectivity index (χ0n) is 15.5. The molecule has 0 saturated carbocycles. The number of carbonyl (C=O) groups excluding carboxylic acids is 1. The first kappa shape index (κ1) is 18.0. The molecule has 2 heterocycles. The minimum absolute atomic E-state index is 0.189. The fourth-order valence-corrected chi connectivity index (χ4v) is 4.05. The Kier molecular flexibility index (Phi) is 5.18. The monoisotopic (exact) mass is 361 g/mol. The predicted octanol–water partition coefficient (Wildman–Crippen LogP) is 4.38. The number of nitrogens with zero attached hydrogens (tertiary/aromatic N) is 3. The van der Waals surface area contributed by atoms with E-state index in [1.54, 1.807) is 11.3 Å². The second-order valence-corrected chi connectivity index (χ2v) is 8.76. The summed E-state index contributed by atoms with van der Waals surface area (Å²) in [6.07, 6.45) is 1.83. The van der Waals surface area contributed by atoms with E-state index in [1.807, 2.05) is 31.7 Å². The van der Waals surface area contributed by atoms with Gasteiger partial charge in [0.15, 0.2) is 5.13 Å². The topological polar surface area (TPSA) is 45.7 Å². The van der Waals surface area contributed by atoms with Gasteiger partial charge >= 0.3 is 6.09 Å². The summed E-state index contributed by atoms with van der Waals surface area (Å²) < 4.78 is 6.69. The maximum absolute atomic E-state index is 12.1. The number of piperidine rings is 1. The van der Waals surface area contributed by atoms with Crippen LogP contribution in [0.4, 0.5) is 9.93 Å². The molecule has 1 aliphatic rings. The van der Waals surface area contributed by atoms with E-state index in [-0.39, 0.29) is 6.09 Å². The Morgan fingerprint density at radius 2 is 2.00 bits per heavy atom. The Morgan fingerprint density at radius 3 is 2.64 bits per heavy atom. The molecule has 0 aliphatic carbocycles. The van der Waals surface area contributed by atoms with Crippen molar-refractivity contribution in [3.63, 3.8) is 0 Å². The average molecular weight is 362 g/mol. The van der Waals surface area contributed by atoms with Gasteiger partial charge in [-0.15, -0.1) is 0 Å². The highest BCUT2D eigenvalue weighted by molar-refractivity contribution is 7.22. The first-order valence-corrected chi connectivity index (χ1v) is 9.68. The van der Waals surface area contributed by atoms with Crippen LogP contribution in [0.15, 0.2) is 24.3 Å². The molecule has 1 aromatic heterocycles. The summed E-state index contributed by atoms with van der Waals surface area (Å²) in [5.74, 6) is 0.579. The zero-order valence-corrected chi connectivity index (χ0v) is 16.3. The van der Waals surface area contributed by atoms with Crippen LogP contribution in [-0.4, -0.2) is 48.3 Å². The Hall–Kier alpha value is -1.82. The molecule has 136 valence electrons. The summed E-state index contributed by atoms with van der Waals surface area (Å²) in [5.41, 5.74) is 0.634. The maximum Gasteiger partial charge on any atom is 0.410 e. The van der Waals surface area contributed by atoms with Gasteiger partial charge in [-0.1, -0.05) is 23.5 Å². The molecule has 2 aromatic rings. The highest BCUT2D eigenvalue weighted by Gasteiger charge is 2.27. The van der Waals surface area contributed by atoms with Crippen LogP contribution >= 0.6 is 11.3 Å². The van der Waals surface area contributed by atoms with Crippen molar-refractivity contribution in [2.24, 2.45) is 5.92 Å². The molecule has 1 aromatic carbocycles. The lowest BCUT2D eigenvalue weighted by Gasteiger charge is -2.34. The summed E-state index contributed by atoms with van der Waals surface area (Å²) in [4.78, 5) is 21.0. The highest BCUT2D eigenvalue weighted by Crippen LogP contribution is 2.29. The molecule has 5 nitrogen and oxygen atoms in total. The number of carbonyl (C=O) groups is 1. The second-order valence-electron chi connectivity index (χ2n) is 7.76. The number of para-hydroxylation sites is 1. The number of aromatic nitrogens is 1. The Bertz CT molecular complexity index is 697. The molecule has 25 heavy (non-hydrogen) atoms. The van der Waals surface area contributed by atoms with Gasteiger partial charge in [0.25, 0.3) is 0 Å². The maximum atomic E-state index is 12.1. The summed E-state index contributed by atoms with van der Waals surface area (Å²) in [7, 11) is 2.11. The number of hydrogen-bond acceptors (Lipinski definition) is 5. The van der Waals surface area contributed by atoms with Crippen LogP contribution in [0.25, 0.3) is 10.2 Å². The van der Waals surface area contributed by atoms with Gasteiger partial charge in [0.05, 0.1) is 10.2 Å². The number of benzene rings is 1. The largest absolute Gasteiger partial charge is 0.444 e. The van der Waals surface area contributed by atoms with Gasteiger partial charge in [-0.2, -0.15) is 0 Å². The van der Waals surface area contributed by atoms with Gasteiger partial charge in [0.1, 0.15) is 5.60 Å². The Morgan fingerprint density at radius 1 is 1.32 bits per heavy atom. The van der Waals surface area contributed by atoms with Crippen LogP contribution in [0.2, 0.25) is 0 Å². The Balaban J connectivity index is 1.52. The third-order valence-electron chi connectivity index (χ3n) is 4.41. The minimum Gasteiger partial charge on any atom is -0.444 e. The van der Waals surface area contributed by atoms with E-state index in [4.69, 9.17) is 9.72 Å². The SMILES string of the molecule is CN(CC1CCN(C(=O)OC(C)(C)C)CC1)c1nc2ccccc2s1. The fraction of sp³-hybridized carbons (Fsp3) is 0.579. The summed E-state index contributed by atoms with van der Waals surface area (Å²) >= 11 is 1.74. The lowest BCUT2D eigenvalue weighted by atomic mass is 9.97. The van der Waals surface area contributed by atoms with Gasteiger partial charge in [-0.3, -0.25) is 0 Å². The van der Waals surface area contributed by atoms with Crippen molar-refractivity contribution >= 4 is 32.8 Å². The number of ether oxygens (including phenoxy) is 1. The molecule has 1 fully saturated rings. The quantitative estimate of drug-likeness (QED) is 0.814. The number of thiazole rings is 1. The van der Waals surface area contributed by atoms with Crippen LogP contribution < -0.4 is 4.90 Å². The molecular weight excluding hydrogens is 334 g/mol. The van der Waals surface area contributed by atoms with Gasteiger partial charge in [0, 0.05) is 26.7 Å². The van der Waals surface area contributed by atoms with Gasteiger partial charge in [-0.25, -0.2) is 9.78 Å². The standard InChI is InChI=1S/C19H27N3O2S/c1-19(2,3)24-18(23)22-11-9-14(10-12-22)13-21(4)17-20-15-7-5-6-8-16(15)25-17/h5-8,14H,9-13H2,1-4H3. The lowest BCUT2D eigenvalue weighted by molar-refractivity contribution is 0.0186. The average Bonchev–Trinajstić information content (AvgIpc) is 2.98. The molecule has 0 bridgehead atoms. The lowest BCUT2D eigenvalue weighted by Crippen LogP contribution is -2.43. The first-order chi connectivity index (χ1) is 11.8. The Labute approximate surface area is 153 Å². The van der Waals surface area contributed by atoms with Crippen molar-refractivity contribution in [3.05, 3.63) is 24.3 Å². The normalized spacial score (nSPS) is 16.2. The molecule has 1 aliphatic heterocycles. The van der Waals surface area contributed by atoms with Crippen LogP contribution in [0.1, 0.15) is 33.6 Å². The van der Waals surface area contributed by atoms with Gasteiger partial charge < -0.3 is 14.5 Å². The van der Waals surface area contributed by atoms with E-state index in [0.717, 1.165) is 43.1 Å². The molecule has 1 saturated heterocycles. The molecule has 1 amide bonds. The third-order valence-corrected chi connectivity index (χ3v) is 5.56. The van der Waals surface area contributed by atoms with Crippen LogP contribution in [-0.2, 0) is 4.74 Å². The molecule has 0 unspecified atom stereocenters. The third kappa shape index (κ3) is 4.63. The van der Waals surface area contributed by atoms with E-state index in [9.17, 15) is 4.79 Å². The van der Waals surface area contributed by atoms with Crippen molar-refractivity contribution < 1.29 is 9.53 Å². The summed E-state index contributed by atoms with van der Waals surface area (Å²) in [5, 5.41) is 1.07. The predicted molar refractivity (Wildman–Crippen MR) is 103 cm³/mol. The molecule has 3 rings (SSSR count). The molecule has 0 radical (unpaired) electrons. The molecule has 0 spiro atoms. The molecule has 0 N–H and O–H groups in total. The van der Waals surface area contributed by atoms with Gasteiger partial charge in [0.2, 0.25) is 0 Å². The second kappa shape index (κ2) is 7.20. The summed E-state index contributed by atoms with van der Waals surface area (Å²) in [6, 6.07) is 8.25. The zero-order chi connectivity index (χ0) is 18.0. The van der Waals surface area contributed by atoms with Crippen molar-refractivity contribution in [1.29, 1.82) is 0 Å². The molecular formula is C19H27N3O2S. The minimum atomic E-state index is -0.430. The van der Waals surface area contributed by atoms with E-state index in [2.05, 4.69) is 30.1 Å². The van der Waals surface area contributed by atoms with Crippen molar-refractivity contribution in [2.75, 3.05) is 31.6 Å². The number of rotatable bonds is 3. The molecule has 6 heteroatoms. The van der Waals surface area contributed by atoms with E-state index >= 15 is 0 Å². The van der Waals surface area contributed by atoms with Crippen molar-refractivity contribution in [1.82, 2.24) is 9.88 Å². The first-order valence-electron chi connectivity index (χ1n) is 8.86. The van der Waals surface area contributed by atoms with E-state index < -0.39 is 5.60 Å². The van der Waals surface area contributed by atoms with Crippen molar-refractivity contribution in [3.8, 4) is 0 Å². The number of fused-ring (bicyclic) bond motifs is 1. The van der Waals surface area contributed by atoms with Crippen molar-refractivity contribution in [2.45, 2.75) is 39.2 Å². The van der Waals surface area contributed by atoms with Crippen LogP contribution in [0, 0.1) is 5.92 Å². The number of amides is 1. The summed E-state index contributed by atoms with van der Waals surface area (Å²) in [6.45, 7) is 8.24. The van der Waals surface area contributed by atoms with E-state index in [1.165, 1.54) is 4.70 Å². The van der Waals surface area contributed by atoms with Crippen LogP contribution in [0.3, 0.4) is 0 Å². The number of anilines is 1. The highest BCUT2D eigenvalue weighted by atomic mass is 32.1. The number of hydrogen-bond donors (Lipinski definition) is 0.